The molecule has 0 aliphatic heterocycles. The summed E-state index contributed by atoms with van der Waals surface area (Å²) in [7, 11) is 0. The lowest BCUT2D eigenvalue weighted by molar-refractivity contribution is 0.479. The van der Waals surface area contributed by atoms with Crippen LogP contribution in [0.15, 0.2) is 36.4 Å². The van der Waals surface area contributed by atoms with Crippen molar-refractivity contribution in [3.05, 3.63) is 58.1 Å². The molecule has 20 heavy (non-hydrogen) atoms. The second kappa shape index (κ2) is 5.56. The average Bonchev–Trinajstić information content (AvgIpc) is 2.47. The summed E-state index contributed by atoms with van der Waals surface area (Å²) in [5.41, 5.74) is 3.15. The van der Waals surface area contributed by atoms with Crippen molar-refractivity contribution in [2.45, 2.75) is 25.7 Å². The van der Waals surface area contributed by atoms with Crippen LogP contribution in [0.4, 0.5) is 0 Å². The Morgan fingerprint density at radius 3 is 2.65 bits per heavy atom. The molecule has 0 unspecified atom stereocenters. The number of nitriles is 1. The highest BCUT2D eigenvalue weighted by atomic mass is 35.5. The molecule has 0 fully saturated rings. The Bertz CT molecular complexity index is 688. The SMILES string of the molecule is N#Cc1c(Cl)cccc1Oc1ccc2c(c1)CCCC2. The first-order valence-corrected chi connectivity index (χ1v) is 7.14. The molecule has 2 nitrogen and oxygen atoms in total. The summed E-state index contributed by atoms with van der Waals surface area (Å²) < 4.78 is 5.84. The zero-order valence-electron chi connectivity index (χ0n) is 11.0. The minimum Gasteiger partial charge on any atom is -0.456 e. The zero-order chi connectivity index (χ0) is 13.9. The summed E-state index contributed by atoms with van der Waals surface area (Å²) in [4.78, 5) is 0. The molecule has 0 saturated heterocycles. The van der Waals surface area contributed by atoms with E-state index in [1.807, 2.05) is 6.07 Å². The van der Waals surface area contributed by atoms with Crippen molar-refractivity contribution >= 4 is 11.6 Å². The van der Waals surface area contributed by atoms with E-state index in [2.05, 4.69) is 18.2 Å². The second-order valence-corrected chi connectivity index (χ2v) is 5.37. The van der Waals surface area contributed by atoms with Crippen LogP contribution in [-0.4, -0.2) is 0 Å². The number of ether oxygens (including phenoxy) is 1. The maximum atomic E-state index is 9.15. The molecule has 0 aromatic heterocycles. The summed E-state index contributed by atoms with van der Waals surface area (Å²) in [5, 5.41) is 9.57. The molecule has 0 atom stereocenters. The highest BCUT2D eigenvalue weighted by molar-refractivity contribution is 6.31. The fourth-order valence-corrected chi connectivity index (χ4v) is 2.81. The first kappa shape index (κ1) is 13.0. The Morgan fingerprint density at radius 1 is 1.05 bits per heavy atom. The maximum Gasteiger partial charge on any atom is 0.146 e. The standard InChI is InChI=1S/C17H14ClNO/c18-16-6-3-7-17(15(16)11-19)20-14-9-8-12-4-1-2-5-13(12)10-14/h3,6-10H,1-2,4-5H2. The lowest BCUT2D eigenvalue weighted by Crippen LogP contribution is -2.02. The molecule has 3 heteroatoms. The van der Waals surface area contributed by atoms with Gasteiger partial charge in [-0.05, 0) is 61.1 Å². The monoisotopic (exact) mass is 283 g/mol. The molecule has 100 valence electrons. The lowest BCUT2D eigenvalue weighted by atomic mass is 9.92. The lowest BCUT2D eigenvalue weighted by Gasteiger charge is -2.17. The third kappa shape index (κ3) is 2.50. The van der Waals surface area contributed by atoms with Crippen LogP contribution < -0.4 is 4.74 Å². The number of hydrogen-bond donors (Lipinski definition) is 0. The van der Waals surface area contributed by atoms with E-state index in [-0.39, 0.29) is 0 Å². The number of benzene rings is 2. The smallest absolute Gasteiger partial charge is 0.146 e. The van der Waals surface area contributed by atoms with Gasteiger partial charge in [0.1, 0.15) is 23.1 Å². The molecule has 0 amide bonds. The molecular weight excluding hydrogens is 270 g/mol. The van der Waals surface area contributed by atoms with Crippen LogP contribution >= 0.6 is 11.6 Å². The second-order valence-electron chi connectivity index (χ2n) is 4.96. The molecule has 2 aromatic carbocycles. The molecule has 0 N–H and O–H groups in total. The Morgan fingerprint density at radius 2 is 1.85 bits per heavy atom. The van der Waals surface area contributed by atoms with E-state index >= 15 is 0 Å². The summed E-state index contributed by atoms with van der Waals surface area (Å²) >= 11 is 6.01. The Balaban J connectivity index is 1.92. The summed E-state index contributed by atoms with van der Waals surface area (Å²) in [6, 6.07) is 13.5. The van der Waals surface area contributed by atoms with Crippen molar-refractivity contribution < 1.29 is 4.74 Å². The molecule has 3 rings (SSSR count). The molecular formula is C17H14ClNO. The molecule has 0 spiro atoms. The highest BCUT2D eigenvalue weighted by Crippen LogP contribution is 2.32. The Labute approximate surface area is 123 Å². The fraction of sp³-hybridized carbons (Fsp3) is 0.235. The van der Waals surface area contributed by atoms with Crippen molar-refractivity contribution in [2.75, 3.05) is 0 Å². The predicted molar refractivity (Wildman–Crippen MR) is 79.3 cm³/mol. The van der Waals surface area contributed by atoms with Gasteiger partial charge in [0.15, 0.2) is 0 Å². The molecule has 1 aliphatic rings. The van der Waals surface area contributed by atoms with E-state index in [0.29, 0.717) is 16.3 Å². The molecule has 0 radical (unpaired) electrons. The van der Waals surface area contributed by atoms with Gasteiger partial charge in [-0.15, -0.1) is 0 Å². The first-order chi connectivity index (χ1) is 9.78. The van der Waals surface area contributed by atoms with E-state index in [9.17, 15) is 0 Å². The van der Waals surface area contributed by atoms with E-state index in [4.69, 9.17) is 21.6 Å². The maximum absolute atomic E-state index is 9.15. The van der Waals surface area contributed by atoms with Gasteiger partial charge >= 0.3 is 0 Å². The van der Waals surface area contributed by atoms with Crippen molar-refractivity contribution in [3.8, 4) is 17.6 Å². The van der Waals surface area contributed by atoms with Crippen molar-refractivity contribution in [1.29, 1.82) is 5.26 Å². The topological polar surface area (TPSA) is 33.0 Å². The van der Waals surface area contributed by atoms with Gasteiger partial charge < -0.3 is 4.74 Å². The number of hydrogen-bond acceptors (Lipinski definition) is 2. The van der Waals surface area contributed by atoms with Gasteiger partial charge in [0, 0.05) is 0 Å². The number of aryl methyl sites for hydroxylation is 2. The van der Waals surface area contributed by atoms with Crippen LogP contribution in [0.2, 0.25) is 5.02 Å². The van der Waals surface area contributed by atoms with Crippen LogP contribution in [0.3, 0.4) is 0 Å². The van der Waals surface area contributed by atoms with Crippen LogP contribution in [0, 0.1) is 11.3 Å². The van der Waals surface area contributed by atoms with Crippen molar-refractivity contribution in [1.82, 2.24) is 0 Å². The van der Waals surface area contributed by atoms with Gasteiger partial charge in [-0.25, -0.2) is 0 Å². The molecule has 1 aliphatic carbocycles. The van der Waals surface area contributed by atoms with Gasteiger partial charge in [0.05, 0.1) is 5.02 Å². The quantitative estimate of drug-likeness (QED) is 0.787. The minimum absolute atomic E-state index is 0.381. The van der Waals surface area contributed by atoms with Crippen LogP contribution in [0.1, 0.15) is 29.5 Å². The van der Waals surface area contributed by atoms with Crippen molar-refractivity contribution in [3.63, 3.8) is 0 Å². The van der Waals surface area contributed by atoms with Crippen LogP contribution in [0.25, 0.3) is 0 Å². The molecule has 0 bridgehead atoms. The summed E-state index contributed by atoms with van der Waals surface area (Å²) in [6.45, 7) is 0. The van der Waals surface area contributed by atoms with E-state index in [0.717, 1.165) is 18.6 Å². The largest absolute Gasteiger partial charge is 0.456 e. The van der Waals surface area contributed by atoms with Crippen LogP contribution in [0.5, 0.6) is 11.5 Å². The van der Waals surface area contributed by atoms with E-state index in [1.54, 1.807) is 18.2 Å². The number of rotatable bonds is 2. The molecule has 0 heterocycles. The zero-order valence-corrected chi connectivity index (χ0v) is 11.8. The normalized spacial score (nSPS) is 13.4. The van der Waals surface area contributed by atoms with Crippen molar-refractivity contribution in [2.24, 2.45) is 0 Å². The van der Waals surface area contributed by atoms with Gasteiger partial charge in [0.25, 0.3) is 0 Å². The predicted octanol–water partition coefficient (Wildman–Crippen LogP) is 4.88. The highest BCUT2D eigenvalue weighted by Gasteiger charge is 2.12. The van der Waals surface area contributed by atoms with Gasteiger partial charge in [0.2, 0.25) is 0 Å². The fourth-order valence-electron chi connectivity index (χ4n) is 2.60. The number of fused-ring (bicyclic) bond motifs is 1. The molecule has 0 saturated carbocycles. The average molecular weight is 284 g/mol. The van der Waals surface area contributed by atoms with Gasteiger partial charge in [-0.2, -0.15) is 5.26 Å². The Hall–Kier alpha value is -1.98. The third-order valence-electron chi connectivity index (χ3n) is 3.63. The van der Waals surface area contributed by atoms with E-state index < -0.39 is 0 Å². The van der Waals surface area contributed by atoms with E-state index in [1.165, 1.54) is 24.0 Å². The number of halogens is 1. The van der Waals surface area contributed by atoms with Gasteiger partial charge in [-0.3, -0.25) is 0 Å². The van der Waals surface area contributed by atoms with Gasteiger partial charge in [-0.1, -0.05) is 23.7 Å². The first-order valence-electron chi connectivity index (χ1n) is 6.76. The Kier molecular flexibility index (Phi) is 3.62. The molecule has 2 aromatic rings. The number of nitrogens with zero attached hydrogens (tertiary/aromatic N) is 1. The van der Waals surface area contributed by atoms with Crippen LogP contribution in [-0.2, 0) is 12.8 Å². The minimum atomic E-state index is 0.381. The third-order valence-corrected chi connectivity index (χ3v) is 3.95. The summed E-state index contributed by atoms with van der Waals surface area (Å²) in [5.74, 6) is 1.28. The summed E-state index contributed by atoms with van der Waals surface area (Å²) in [6.07, 6.45) is 4.75.